The van der Waals surface area contributed by atoms with Gasteiger partial charge in [-0.25, -0.2) is 4.90 Å². The van der Waals surface area contributed by atoms with Gasteiger partial charge in [-0.15, -0.1) is 0 Å². The largest absolute Gasteiger partial charge is 0.349 e. The molecule has 4 rings (SSSR count). The molecule has 0 radical (unpaired) electrons. The highest BCUT2D eigenvalue weighted by Gasteiger charge is 2.39. The Morgan fingerprint density at radius 3 is 2.15 bits per heavy atom. The highest BCUT2D eigenvalue weighted by molar-refractivity contribution is 6.53. The monoisotopic (exact) mass is 493 g/mol. The molecule has 3 aromatic carbocycles. The van der Waals surface area contributed by atoms with Crippen molar-refractivity contribution in [3.8, 4) is 0 Å². The second-order valence-electron chi connectivity index (χ2n) is 8.02. The Kier molecular flexibility index (Phi) is 6.46. The third kappa shape index (κ3) is 4.55. The fourth-order valence-electron chi connectivity index (χ4n) is 3.49. The minimum atomic E-state index is -0.641. The van der Waals surface area contributed by atoms with Crippen LogP contribution in [0.2, 0.25) is 5.02 Å². The van der Waals surface area contributed by atoms with Gasteiger partial charge >= 0.3 is 0 Å². The minimum absolute atomic E-state index is 0.0589. The summed E-state index contributed by atoms with van der Waals surface area (Å²) in [5, 5.41) is 6.08. The van der Waals surface area contributed by atoms with Crippen LogP contribution in [-0.4, -0.2) is 17.7 Å². The Morgan fingerprint density at radius 1 is 0.794 bits per heavy atom. The zero-order valence-corrected chi connectivity index (χ0v) is 20.2. The number of anilines is 3. The van der Waals surface area contributed by atoms with Crippen LogP contribution < -0.4 is 15.5 Å². The standard InChI is InChI=1S/C26H21Cl2N3O3/c1-14-5-9-19(12-16(14)3)29-24(32)17-6-4-15(2)21(13-17)30-23-22(28)25(33)31(26(23)34)20-10-7-18(27)8-11-20/h4-13,30H,1-3H3,(H,29,32). The van der Waals surface area contributed by atoms with Crippen molar-refractivity contribution in [1.82, 2.24) is 0 Å². The van der Waals surface area contributed by atoms with Crippen molar-refractivity contribution >= 4 is 58.0 Å². The van der Waals surface area contributed by atoms with Crippen molar-refractivity contribution in [2.45, 2.75) is 20.8 Å². The lowest BCUT2D eigenvalue weighted by molar-refractivity contribution is -0.120. The maximum Gasteiger partial charge on any atom is 0.283 e. The zero-order chi connectivity index (χ0) is 24.6. The van der Waals surface area contributed by atoms with Gasteiger partial charge in [-0.1, -0.05) is 35.3 Å². The van der Waals surface area contributed by atoms with Crippen LogP contribution in [-0.2, 0) is 9.59 Å². The molecule has 3 aromatic rings. The first-order chi connectivity index (χ1) is 16.2. The number of halogens is 2. The van der Waals surface area contributed by atoms with Crippen LogP contribution in [0, 0.1) is 20.8 Å². The highest BCUT2D eigenvalue weighted by atomic mass is 35.5. The second-order valence-corrected chi connectivity index (χ2v) is 8.83. The van der Waals surface area contributed by atoms with Gasteiger partial charge in [0.05, 0.1) is 5.69 Å². The van der Waals surface area contributed by atoms with E-state index in [1.165, 1.54) is 0 Å². The number of amides is 3. The predicted molar refractivity (Wildman–Crippen MR) is 135 cm³/mol. The number of carbonyl (C=O) groups excluding carboxylic acids is 3. The van der Waals surface area contributed by atoms with E-state index in [1.807, 2.05) is 39.0 Å². The van der Waals surface area contributed by atoms with E-state index in [0.29, 0.717) is 27.6 Å². The summed E-state index contributed by atoms with van der Waals surface area (Å²) >= 11 is 12.1. The molecule has 1 aliphatic rings. The van der Waals surface area contributed by atoms with Gasteiger partial charge in [-0.2, -0.15) is 0 Å². The Morgan fingerprint density at radius 2 is 1.47 bits per heavy atom. The van der Waals surface area contributed by atoms with Gasteiger partial charge in [0.2, 0.25) is 0 Å². The van der Waals surface area contributed by atoms with Crippen molar-refractivity contribution in [1.29, 1.82) is 0 Å². The summed E-state index contributed by atoms with van der Waals surface area (Å²) in [6.07, 6.45) is 0. The van der Waals surface area contributed by atoms with Gasteiger partial charge in [0.15, 0.2) is 0 Å². The summed E-state index contributed by atoms with van der Waals surface area (Å²) in [5.74, 6) is -1.54. The molecule has 6 nitrogen and oxygen atoms in total. The van der Waals surface area contributed by atoms with Crippen LogP contribution in [0.3, 0.4) is 0 Å². The number of imide groups is 1. The zero-order valence-electron chi connectivity index (χ0n) is 18.7. The summed E-state index contributed by atoms with van der Waals surface area (Å²) in [6.45, 7) is 5.80. The summed E-state index contributed by atoms with van der Waals surface area (Å²) in [4.78, 5) is 39.5. The highest BCUT2D eigenvalue weighted by Crippen LogP contribution is 2.31. The van der Waals surface area contributed by atoms with Crippen LogP contribution in [0.4, 0.5) is 17.1 Å². The van der Waals surface area contributed by atoms with Gasteiger partial charge < -0.3 is 10.6 Å². The van der Waals surface area contributed by atoms with Gasteiger partial charge in [-0.05, 0) is 86.0 Å². The number of hydrogen-bond donors (Lipinski definition) is 2. The minimum Gasteiger partial charge on any atom is -0.349 e. The summed E-state index contributed by atoms with van der Waals surface area (Å²) in [7, 11) is 0. The molecule has 0 spiro atoms. The Labute approximate surface area is 207 Å². The third-order valence-corrected chi connectivity index (χ3v) is 6.24. The van der Waals surface area contributed by atoms with Crippen molar-refractivity contribution < 1.29 is 14.4 Å². The van der Waals surface area contributed by atoms with E-state index >= 15 is 0 Å². The molecule has 1 aliphatic heterocycles. The molecule has 0 aromatic heterocycles. The summed E-state index contributed by atoms with van der Waals surface area (Å²) in [6, 6.07) is 17.0. The lowest BCUT2D eigenvalue weighted by atomic mass is 10.1. The van der Waals surface area contributed by atoms with Gasteiger partial charge in [-0.3, -0.25) is 14.4 Å². The molecule has 0 saturated carbocycles. The number of rotatable bonds is 5. The van der Waals surface area contributed by atoms with Crippen molar-refractivity contribution in [3.05, 3.63) is 98.7 Å². The van der Waals surface area contributed by atoms with Crippen molar-refractivity contribution in [2.24, 2.45) is 0 Å². The van der Waals surface area contributed by atoms with E-state index in [1.54, 1.807) is 42.5 Å². The second kappa shape index (κ2) is 9.33. The van der Waals surface area contributed by atoms with Gasteiger partial charge in [0, 0.05) is 22.0 Å². The van der Waals surface area contributed by atoms with Crippen LogP contribution >= 0.6 is 23.2 Å². The maximum atomic E-state index is 13.0. The van der Waals surface area contributed by atoms with E-state index in [9.17, 15) is 14.4 Å². The number of benzene rings is 3. The molecule has 0 aliphatic carbocycles. The average Bonchev–Trinajstić information content (AvgIpc) is 3.01. The molecule has 8 heteroatoms. The van der Waals surface area contributed by atoms with E-state index in [4.69, 9.17) is 23.2 Å². The molecule has 34 heavy (non-hydrogen) atoms. The van der Waals surface area contributed by atoms with Crippen LogP contribution in [0.25, 0.3) is 0 Å². The van der Waals surface area contributed by atoms with E-state index in [-0.39, 0.29) is 16.6 Å². The SMILES string of the molecule is Cc1ccc(NC(=O)c2ccc(C)c(NC3=C(Cl)C(=O)N(c4ccc(Cl)cc4)C3=O)c2)cc1C. The smallest absolute Gasteiger partial charge is 0.283 e. The topological polar surface area (TPSA) is 78.5 Å². The molecule has 172 valence electrons. The molecule has 3 amide bonds. The van der Waals surface area contributed by atoms with Crippen molar-refractivity contribution in [3.63, 3.8) is 0 Å². The number of nitrogens with zero attached hydrogens (tertiary/aromatic N) is 1. The fraction of sp³-hybridized carbons (Fsp3) is 0.115. The molecule has 2 N–H and O–H groups in total. The average molecular weight is 494 g/mol. The Hall–Kier alpha value is -3.61. The molecule has 0 saturated heterocycles. The van der Waals surface area contributed by atoms with E-state index in [0.717, 1.165) is 21.6 Å². The van der Waals surface area contributed by atoms with Crippen molar-refractivity contribution in [2.75, 3.05) is 15.5 Å². The number of hydrogen-bond acceptors (Lipinski definition) is 4. The molecule has 0 unspecified atom stereocenters. The molecule has 0 fully saturated rings. The normalized spacial score (nSPS) is 13.5. The van der Waals surface area contributed by atoms with E-state index < -0.39 is 11.8 Å². The quantitative estimate of drug-likeness (QED) is 0.430. The lowest BCUT2D eigenvalue weighted by Crippen LogP contribution is -2.32. The third-order valence-electron chi connectivity index (χ3n) is 5.64. The first kappa shape index (κ1) is 23.5. The number of nitrogens with one attached hydrogen (secondary N) is 2. The first-order valence-corrected chi connectivity index (χ1v) is 11.2. The maximum absolute atomic E-state index is 13.0. The van der Waals surface area contributed by atoms with Crippen LogP contribution in [0.1, 0.15) is 27.0 Å². The number of aryl methyl sites for hydroxylation is 3. The van der Waals surface area contributed by atoms with Gasteiger partial charge in [0.1, 0.15) is 10.7 Å². The predicted octanol–water partition coefficient (Wildman–Crippen LogP) is 5.95. The van der Waals surface area contributed by atoms with Crippen LogP contribution in [0.5, 0.6) is 0 Å². The number of carbonyl (C=O) groups is 3. The Balaban J connectivity index is 1.58. The summed E-state index contributed by atoms with van der Waals surface area (Å²) < 4.78 is 0. The van der Waals surface area contributed by atoms with Gasteiger partial charge in [0.25, 0.3) is 17.7 Å². The molecule has 0 atom stereocenters. The lowest BCUT2D eigenvalue weighted by Gasteiger charge is -2.16. The molecular weight excluding hydrogens is 473 g/mol. The Bertz CT molecular complexity index is 1360. The van der Waals surface area contributed by atoms with E-state index in [2.05, 4.69) is 10.6 Å². The fourth-order valence-corrected chi connectivity index (χ4v) is 3.83. The molecular formula is C26H21Cl2N3O3. The first-order valence-electron chi connectivity index (χ1n) is 10.5. The molecule has 0 bridgehead atoms. The molecule has 1 heterocycles. The van der Waals surface area contributed by atoms with Crippen LogP contribution in [0.15, 0.2) is 71.4 Å². The summed E-state index contributed by atoms with van der Waals surface area (Å²) in [5.41, 5.74) is 4.82.